The Morgan fingerprint density at radius 2 is 1.83 bits per heavy atom. The predicted molar refractivity (Wildman–Crippen MR) is 70.8 cm³/mol. The first-order chi connectivity index (χ1) is 8.52. The molecule has 5 nitrogen and oxygen atoms in total. The fraction of sp³-hybridized carbons (Fsp3) is 0.923. The van der Waals surface area contributed by atoms with Crippen LogP contribution in [0.25, 0.3) is 0 Å². The third-order valence-corrected chi connectivity index (χ3v) is 3.67. The van der Waals surface area contributed by atoms with Crippen molar-refractivity contribution in [1.29, 1.82) is 0 Å². The quantitative estimate of drug-likeness (QED) is 0.735. The fourth-order valence-corrected chi connectivity index (χ4v) is 2.54. The van der Waals surface area contributed by atoms with Crippen molar-refractivity contribution in [3.05, 3.63) is 0 Å². The van der Waals surface area contributed by atoms with Crippen molar-refractivity contribution < 1.29 is 14.6 Å². The van der Waals surface area contributed by atoms with Crippen LogP contribution in [0.2, 0.25) is 0 Å². The van der Waals surface area contributed by atoms with Crippen LogP contribution in [0.5, 0.6) is 0 Å². The van der Waals surface area contributed by atoms with Gasteiger partial charge in [-0.25, -0.2) is 0 Å². The maximum Gasteiger partial charge on any atom is 0.317 e. The molecular weight excluding hydrogens is 232 g/mol. The number of ether oxygens (including phenoxy) is 1. The first-order valence-electron chi connectivity index (χ1n) is 6.66. The Hall–Kier alpha value is -0.650. The average Bonchev–Trinajstić information content (AvgIpc) is 2.34. The molecule has 1 N–H and O–H groups in total. The number of nitrogens with zero attached hydrogens (tertiary/aromatic N) is 2. The van der Waals surface area contributed by atoms with Crippen molar-refractivity contribution in [3.8, 4) is 0 Å². The summed E-state index contributed by atoms with van der Waals surface area (Å²) < 4.78 is 5.36. The minimum absolute atomic E-state index is 0.149. The van der Waals surface area contributed by atoms with Crippen LogP contribution < -0.4 is 0 Å². The molecule has 1 rings (SSSR count). The van der Waals surface area contributed by atoms with Crippen LogP contribution >= 0.6 is 0 Å². The Morgan fingerprint density at radius 3 is 2.28 bits per heavy atom. The maximum atomic E-state index is 10.9. The molecule has 0 atom stereocenters. The monoisotopic (exact) mass is 258 g/mol. The number of carboxylic acids is 1. The van der Waals surface area contributed by atoms with Gasteiger partial charge in [0.05, 0.1) is 12.6 Å². The standard InChI is InChI=1S/C13H26N2O3/c1-14(2)8-9-15(10-13(16)17)11-4-6-12(18-3)7-5-11/h11-12H,4-10H2,1-3H3,(H,16,17). The van der Waals surface area contributed by atoms with Gasteiger partial charge in [0.15, 0.2) is 0 Å². The molecule has 0 aliphatic heterocycles. The molecule has 0 bridgehead atoms. The van der Waals surface area contributed by atoms with E-state index in [9.17, 15) is 4.79 Å². The molecule has 0 aromatic carbocycles. The van der Waals surface area contributed by atoms with Gasteiger partial charge in [-0.3, -0.25) is 9.69 Å². The Bertz CT molecular complexity index is 251. The summed E-state index contributed by atoms with van der Waals surface area (Å²) >= 11 is 0. The number of carboxylic acid groups (broad SMARTS) is 1. The first kappa shape index (κ1) is 15.4. The van der Waals surface area contributed by atoms with Gasteiger partial charge >= 0.3 is 5.97 Å². The number of aliphatic carboxylic acids is 1. The molecule has 0 aromatic heterocycles. The minimum Gasteiger partial charge on any atom is -0.480 e. The smallest absolute Gasteiger partial charge is 0.317 e. The maximum absolute atomic E-state index is 10.9. The van der Waals surface area contributed by atoms with Crippen molar-refractivity contribution in [2.24, 2.45) is 0 Å². The Labute approximate surface area is 110 Å². The summed E-state index contributed by atoms with van der Waals surface area (Å²) in [5.41, 5.74) is 0. The van der Waals surface area contributed by atoms with Crippen molar-refractivity contribution in [3.63, 3.8) is 0 Å². The summed E-state index contributed by atoms with van der Waals surface area (Å²) in [6.07, 6.45) is 4.53. The van der Waals surface area contributed by atoms with Gasteiger partial charge in [-0.15, -0.1) is 0 Å². The summed E-state index contributed by atoms with van der Waals surface area (Å²) in [4.78, 5) is 15.1. The fourth-order valence-electron chi connectivity index (χ4n) is 2.54. The van der Waals surface area contributed by atoms with Crippen LogP contribution in [0, 0.1) is 0 Å². The predicted octanol–water partition coefficient (Wildman–Crippen LogP) is 0.892. The van der Waals surface area contributed by atoms with E-state index >= 15 is 0 Å². The second-order valence-electron chi connectivity index (χ2n) is 5.33. The Kier molecular flexibility index (Phi) is 6.60. The van der Waals surface area contributed by atoms with E-state index in [1.807, 2.05) is 14.1 Å². The van der Waals surface area contributed by atoms with Gasteiger partial charge in [0.1, 0.15) is 0 Å². The topological polar surface area (TPSA) is 53.0 Å². The molecule has 1 fully saturated rings. The first-order valence-corrected chi connectivity index (χ1v) is 6.66. The zero-order valence-corrected chi connectivity index (χ0v) is 11.8. The van der Waals surface area contributed by atoms with Gasteiger partial charge in [-0.05, 0) is 39.8 Å². The van der Waals surface area contributed by atoms with E-state index in [-0.39, 0.29) is 6.54 Å². The molecule has 0 amide bonds. The van der Waals surface area contributed by atoms with Crippen LogP contribution in [-0.2, 0) is 9.53 Å². The van der Waals surface area contributed by atoms with E-state index in [0.717, 1.165) is 38.8 Å². The van der Waals surface area contributed by atoms with Gasteiger partial charge in [0.25, 0.3) is 0 Å². The number of likely N-dealkylation sites (N-methyl/N-ethyl adjacent to an activating group) is 1. The highest BCUT2D eigenvalue weighted by Gasteiger charge is 2.26. The number of hydrogen-bond acceptors (Lipinski definition) is 4. The number of hydrogen-bond donors (Lipinski definition) is 1. The van der Waals surface area contributed by atoms with Gasteiger partial charge in [-0.1, -0.05) is 0 Å². The van der Waals surface area contributed by atoms with E-state index in [1.165, 1.54) is 0 Å². The molecule has 0 saturated heterocycles. The third-order valence-electron chi connectivity index (χ3n) is 3.67. The van der Waals surface area contributed by atoms with Crippen molar-refractivity contribution in [2.45, 2.75) is 37.8 Å². The second-order valence-corrected chi connectivity index (χ2v) is 5.33. The molecule has 1 aliphatic rings. The zero-order chi connectivity index (χ0) is 13.5. The lowest BCUT2D eigenvalue weighted by Gasteiger charge is -2.36. The van der Waals surface area contributed by atoms with Gasteiger partial charge in [-0.2, -0.15) is 0 Å². The second kappa shape index (κ2) is 7.71. The highest BCUT2D eigenvalue weighted by atomic mass is 16.5. The number of rotatable bonds is 7. The number of carbonyl (C=O) groups is 1. The molecule has 0 heterocycles. The van der Waals surface area contributed by atoms with Crippen molar-refractivity contribution >= 4 is 5.97 Å². The van der Waals surface area contributed by atoms with Gasteiger partial charge in [0, 0.05) is 26.2 Å². The lowest BCUT2D eigenvalue weighted by atomic mass is 9.91. The van der Waals surface area contributed by atoms with Crippen molar-refractivity contribution in [1.82, 2.24) is 9.80 Å². The van der Waals surface area contributed by atoms with E-state index in [0.29, 0.717) is 12.1 Å². The van der Waals surface area contributed by atoms with Crippen LogP contribution in [0.4, 0.5) is 0 Å². The SMILES string of the molecule is COC1CCC(N(CCN(C)C)CC(=O)O)CC1. The normalized spacial score (nSPS) is 24.7. The Balaban J connectivity index is 2.46. The molecule has 0 aromatic rings. The summed E-state index contributed by atoms with van der Waals surface area (Å²) in [7, 11) is 5.79. The lowest BCUT2D eigenvalue weighted by molar-refractivity contribution is -0.139. The summed E-state index contributed by atoms with van der Waals surface area (Å²) in [5, 5.41) is 9.00. The highest BCUT2D eigenvalue weighted by molar-refractivity contribution is 5.69. The summed E-state index contributed by atoms with van der Waals surface area (Å²) in [5.74, 6) is -0.734. The molecule has 1 aliphatic carbocycles. The molecule has 0 unspecified atom stereocenters. The van der Waals surface area contributed by atoms with Crippen LogP contribution in [0.3, 0.4) is 0 Å². The van der Waals surface area contributed by atoms with Crippen LogP contribution in [0.15, 0.2) is 0 Å². The lowest BCUT2D eigenvalue weighted by Crippen LogP contribution is -2.45. The van der Waals surface area contributed by atoms with E-state index in [2.05, 4.69) is 9.80 Å². The van der Waals surface area contributed by atoms with E-state index in [4.69, 9.17) is 9.84 Å². The molecule has 0 radical (unpaired) electrons. The summed E-state index contributed by atoms with van der Waals surface area (Å²) in [6.45, 7) is 1.87. The average molecular weight is 258 g/mol. The van der Waals surface area contributed by atoms with E-state index < -0.39 is 5.97 Å². The zero-order valence-electron chi connectivity index (χ0n) is 11.8. The molecule has 1 saturated carbocycles. The van der Waals surface area contributed by atoms with Crippen molar-refractivity contribution in [2.75, 3.05) is 40.8 Å². The highest BCUT2D eigenvalue weighted by Crippen LogP contribution is 2.24. The van der Waals surface area contributed by atoms with Crippen LogP contribution in [0.1, 0.15) is 25.7 Å². The van der Waals surface area contributed by atoms with Gasteiger partial charge in [0.2, 0.25) is 0 Å². The molecule has 5 heteroatoms. The van der Waals surface area contributed by atoms with E-state index in [1.54, 1.807) is 7.11 Å². The van der Waals surface area contributed by atoms with Crippen LogP contribution in [-0.4, -0.2) is 73.9 Å². The minimum atomic E-state index is -0.734. The van der Waals surface area contributed by atoms with Gasteiger partial charge < -0.3 is 14.7 Å². The largest absolute Gasteiger partial charge is 0.480 e. The molecule has 106 valence electrons. The summed E-state index contributed by atoms with van der Waals surface area (Å²) in [6, 6.07) is 0.396. The Morgan fingerprint density at radius 1 is 1.22 bits per heavy atom. The molecule has 0 spiro atoms. The molecule has 18 heavy (non-hydrogen) atoms. The molecular formula is C13H26N2O3. The number of methoxy groups -OCH3 is 1. The third kappa shape index (κ3) is 5.33.